The zero-order valence-corrected chi connectivity index (χ0v) is 29.0. The molecule has 4 aliphatic rings. The number of aliphatic hydroxyl groups is 1. The van der Waals surface area contributed by atoms with Crippen molar-refractivity contribution in [1.82, 2.24) is 0 Å². The molecule has 0 saturated heterocycles. The fourth-order valence-electron chi connectivity index (χ4n) is 9.30. The Balaban J connectivity index is 0.000000359. The van der Waals surface area contributed by atoms with E-state index in [4.69, 9.17) is 16.6 Å². The van der Waals surface area contributed by atoms with Gasteiger partial charge < -0.3 is 31.1 Å². The molecule has 0 bridgehead atoms. The zero-order valence-electron chi connectivity index (χ0n) is 28.1. The van der Waals surface area contributed by atoms with Crippen LogP contribution in [0.4, 0.5) is 0 Å². The molecule has 8 N–H and O–H groups in total. The molecule has 0 aliphatic heterocycles. The summed E-state index contributed by atoms with van der Waals surface area (Å²) in [4.78, 5) is 19.6. The Hall–Kier alpha value is -0.760. The molecule has 9 heteroatoms. The zero-order chi connectivity index (χ0) is 32.6. The highest BCUT2D eigenvalue weighted by molar-refractivity contribution is 7.53. The van der Waals surface area contributed by atoms with Gasteiger partial charge in [-0.1, -0.05) is 72.0 Å². The Kier molecular flexibility index (Phi) is 14.9. The lowest BCUT2D eigenvalue weighted by Gasteiger charge is -2.58. The Morgan fingerprint density at radius 3 is 2.28 bits per heavy atom. The van der Waals surface area contributed by atoms with Crippen LogP contribution in [0.15, 0.2) is 11.6 Å². The van der Waals surface area contributed by atoms with Crippen LogP contribution in [0.1, 0.15) is 125 Å². The molecule has 0 spiro atoms. The van der Waals surface area contributed by atoms with Gasteiger partial charge in [0.25, 0.3) is 0 Å². The maximum absolute atomic E-state index is 10.2. The van der Waals surface area contributed by atoms with Crippen molar-refractivity contribution >= 4 is 13.5 Å². The van der Waals surface area contributed by atoms with Gasteiger partial charge in [-0.15, -0.1) is 0 Å². The van der Waals surface area contributed by atoms with Gasteiger partial charge in [-0.2, -0.15) is 0 Å². The van der Waals surface area contributed by atoms with Crippen molar-refractivity contribution in [3.63, 3.8) is 0 Å². The summed E-state index contributed by atoms with van der Waals surface area (Å²) in [6, 6.07) is -0.716. The maximum Gasteiger partial charge on any atom is 0.320 e. The first-order chi connectivity index (χ1) is 19.9. The van der Waals surface area contributed by atoms with Gasteiger partial charge in [-0.3, -0.25) is 10.3 Å². The molecule has 0 amide bonds. The minimum absolute atomic E-state index is 0.0766. The van der Waals surface area contributed by atoms with Gasteiger partial charge in [0.2, 0.25) is 0 Å². The van der Waals surface area contributed by atoms with Crippen LogP contribution >= 0.6 is 7.52 Å². The van der Waals surface area contributed by atoms with Crippen LogP contribution in [0, 0.1) is 46.3 Å². The van der Waals surface area contributed by atoms with Crippen LogP contribution < -0.4 is 21.9 Å². The van der Waals surface area contributed by atoms with E-state index < -0.39 is 19.5 Å². The Morgan fingerprint density at radius 2 is 1.70 bits per heavy atom. The number of unbranched alkanes of at least 4 members (excludes halogenated alkanes) is 1. The standard InChI is InChI=1S/C27H46O.C6H14N2O2.CH6NO2P/c1-18(2)7-6-8-19(3)23-11-12-24-22-10-9-20-17-21(28)13-15-26(20,4)25(22)14-16-27(23,24)5;7-4-2-1-3-5(8)6(9)10;1-5(2,3)4/h9,18-19,21-25,28H,6-8,10-17H2,1-5H3;5H,1-4,7-8H2,(H,9,10);1H3,(H3,2,3,4)/p-1/t19-,21+,22+,23-,24+,25+,26+,27-;5-;/m10./s1. The average Bonchev–Trinajstić information content (AvgIpc) is 3.25. The summed E-state index contributed by atoms with van der Waals surface area (Å²) < 4.78 is 9.44. The second-order valence-corrected chi connectivity index (χ2v) is 17.1. The molecule has 1 unspecified atom stereocenters. The molecule has 8 nitrogen and oxygen atoms in total. The molecule has 0 aromatic rings. The second kappa shape index (κ2) is 16.7. The van der Waals surface area contributed by atoms with Crippen LogP contribution in [0.3, 0.4) is 0 Å². The summed E-state index contributed by atoms with van der Waals surface area (Å²) in [5.41, 5.74) is 17.4. The highest BCUT2D eigenvalue weighted by atomic mass is 31.2. The summed E-state index contributed by atoms with van der Waals surface area (Å²) in [5.74, 6) is 4.52. The van der Waals surface area contributed by atoms with E-state index in [9.17, 15) is 19.4 Å². The monoisotopic (exact) mass is 626 g/mol. The maximum atomic E-state index is 10.2. The normalized spacial score (nSPS) is 35.8. The van der Waals surface area contributed by atoms with Gasteiger partial charge in [0.15, 0.2) is 0 Å². The molecule has 3 saturated carbocycles. The Labute approximate surface area is 262 Å². The molecule has 0 aromatic carbocycles. The van der Waals surface area contributed by atoms with E-state index in [1.165, 1.54) is 57.8 Å². The molecule has 252 valence electrons. The van der Waals surface area contributed by atoms with Gasteiger partial charge in [-0.25, -0.2) is 0 Å². The van der Waals surface area contributed by atoms with Crippen molar-refractivity contribution in [2.45, 2.75) is 137 Å². The molecule has 3 fully saturated rings. The predicted molar refractivity (Wildman–Crippen MR) is 175 cm³/mol. The number of hydrogen-bond donors (Lipinski definition) is 5. The fraction of sp³-hybridized carbons (Fsp3) is 0.912. The fourth-order valence-corrected chi connectivity index (χ4v) is 9.30. The first-order valence-electron chi connectivity index (χ1n) is 17.1. The molecule has 4 aliphatic carbocycles. The van der Waals surface area contributed by atoms with Crippen molar-refractivity contribution in [1.29, 1.82) is 0 Å². The first-order valence-corrected chi connectivity index (χ1v) is 19.2. The van der Waals surface area contributed by atoms with E-state index in [2.05, 4.69) is 46.2 Å². The van der Waals surface area contributed by atoms with E-state index in [0.29, 0.717) is 23.8 Å². The lowest BCUT2D eigenvalue weighted by Crippen LogP contribution is -2.50. The van der Waals surface area contributed by atoms with Crippen molar-refractivity contribution in [2.24, 2.45) is 63.3 Å². The quantitative estimate of drug-likeness (QED) is 0.111. The van der Waals surface area contributed by atoms with Crippen molar-refractivity contribution in [3.05, 3.63) is 11.6 Å². The average molecular weight is 627 g/mol. The van der Waals surface area contributed by atoms with Gasteiger partial charge in [0, 0.05) is 0 Å². The van der Waals surface area contributed by atoms with Gasteiger partial charge in [0.05, 0.1) is 13.6 Å². The number of fused-ring (bicyclic) bond motifs is 5. The van der Waals surface area contributed by atoms with Crippen molar-refractivity contribution in [3.8, 4) is 0 Å². The van der Waals surface area contributed by atoms with E-state index in [1.807, 2.05) is 0 Å². The minimum Gasteiger partial charge on any atom is -0.788 e. The third kappa shape index (κ3) is 10.9. The van der Waals surface area contributed by atoms with E-state index in [-0.39, 0.29) is 6.10 Å². The molecule has 10 atom stereocenters. The molecule has 0 aromatic heterocycles. The first kappa shape index (κ1) is 38.4. The van der Waals surface area contributed by atoms with Gasteiger partial charge >= 0.3 is 5.97 Å². The van der Waals surface area contributed by atoms with Crippen molar-refractivity contribution < 1.29 is 24.5 Å². The van der Waals surface area contributed by atoms with E-state index >= 15 is 0 Å². The summed E-state index contributed by atoms with van der Waals surface area (Å²) in [7, 11) is -3.39. The largest absolute Gasteiger partial charge is 0.788 e. The van der Waals surface area contributed by atoms with Crippen LogP contribution in [-0.2, 0) is 9.36 Å². The SMILES string of the molecule is CC(C)CCC[C@@H](C)[C@H]1CC[C@H]2[C@@H]3CC=C4C[C@@H](O)CC[C@]4(C)[C@H]3CC[C@]12C.CP(N)(=O)[O-].NCCCC[C@H](N)C(=O)O. The smallest absolute Gasteiger partial charge is 0.320 e. The number of hydrogen-bond acceptors (Lipinski definition) is 6. The van der Waals surface area contributed by atoms with E-state index in [1.54, 1.807) is 5.57 Å². The molecule has 43 heavy (non-hydrogen) atoms. The third-order valence-electron chi connectivity index (χ3n) is 11.6. The molecule has 0 heterocycles. The number of allylic oxidation sites excluding steroid dienone is 1. The summed E-state index contributed by atoms with van der Waals surface area (Å²) >= 11 is 0. The highest BCUT2D eigenvalue weighted by Crippen LogP contribution is 2.67. The number of carboxylic acids is 1. The molecule has 4 rings (SSSR count). The summed E-state index contributed by atoms with van der Waals surface area (Å²) in [6.07, 6.45) is 19.3. The highest BCUT2D eigenvalue weighted by Gasteiger charge is 2.59. The number of carboxylic acid groups (broad SMARTS) is 1. The lowest BCUT2D eigenvalue weighted by atomic mass is 9.47. The van der Waals surface area contributed by atoms with Crippen molar-refractivity contribution in [2.75, 3.05) is 13.2 Å². The molecular weight excluding hydrogens is 561 g/mol. The van der Waals surface area contributed by atoms with E-state index in [0.717, 1.165) is 67.9 Å². The van der Waals surface area contributed by atoms with Crippen LogP contribution in [-0.4, -0.2) is 41.5 Å². The Morgan fingerprint density at radius 1 is 1.05 bits per heavy atom. The van der Waals surface area contributed by atoms with Gasteiger partial charge in [0.1, 0.15) is 6.04 Å². The number of aliphatic carboxylic acids is 1. The number of rotatable bonds is 10. The third-order valence-corrected chi connectivity index (χ3v) is 11.6. The second-order valence-electron chi connectivity index (χ2n) is 15.3. The molecular formula is C34H65N3O5P-. The number of nitrogens with two attached hydrogens (primary N) is 3. The van der Waals surface area contributed by atoms with Crippen LogP contribution in [0.2, 0.25) is 0 Å². The summed E-state index contributed by atoms with van der Waals surface area (Å²) in [6.45, 7) is 14.1. The Bertz CT molecular complexity index is 946. The molecule has 0 radical (unpaired) electrons. The minimum atomic E-state index is -3.39. The predicted octanol–water partition coefficient (Wildman–Crippen LogP) is 6.04. The van der Waals surface area contributed by atoms with Crippen LogP contribution in [0.5, 0.6) is 0 Å². The summed E-state index contributed by atoms with van der Waals surface area (Å²) in [5, 5.41) is 18.5. The van der Waals surface area contributed by atoms with Crippen LogP contribution in [0.25, 0.3) is 0 Å². The lowest BCUT2D eigenvalue weighted by molar-refractivity contribution is -0.173. The number of carbonyl (C=O) groups is 1. The number of aliphatic hydroxyl groups excluding tert-OH is 1. The van der Waals surface area contributed by atoms with Gasteiger partial charge in [-0.05, 0) is 124 Å². The topological polar surface area (TPSA) is 176 Å².